The quantitative estimate of drug-likeness (QED) is 0.478. The molecule has 1 aromatic heterocycles. The second-order valence-electron chi connectivity index (χ2n) is 1.13. The lowest BCUT2D eigenvalue weighted by molar-refractivity contribution is 0.616. The number of aromatic nitrogens is 1. The van der Waals surface area contributed by atoms with Crippen molar-refractivity contribution in [2.24, 2.45) is 0 Å². The molecule has 1 heterocycles. The van der Waals surface area contributed by atoms with E-state index in [1.165, 1.54) is 5.38 Å². The van der Waals surface area contributed by atoms with Gasteiger partial charge in [0.2, 0.25) is 0 Å². The van der Waals surface area contributed by atoms with Crippen LogP contribution in [0.4, 0.5) is 4.39 Å². The Balaban J connectivity index is 3.05. The summed E-state index contributed by atoms with van der Waals surface area (Å²) in [7, 11) is 0. The minimum atomic E-state index is -0.474. The Hall–Kier alpha value is -0.880. The smallest absolute Gasteiger partial charge is 0.201 e. The normalized spacial score (nSPS) is 8.50. The van der Waals surface area contributed by atoms with Gasteiger partial charge in [0.1, 0.15) is 5.69 Å². The van der Waals surface area contributed by atoms with Gasteiger partial charge in [0.05, 0.1) is 0 Å². The standard InChI is InChI=1S/C5H2FNS/c1-2-4-3-8-5(6)7-4/h1,3H. The average molecular weight is 127 g/mol. The molecule has 0 atom stereocenters. The number of nitrogens with zero attached hydrogens (tertiary/aromatic N) is 1. The van der Waals surface area contributed by atoms with E-state index in [1.807, 2.05) is 0 Å². The predicted molar refractivity (Wildman–Crippen MR) is 30.0 cm³/mol. The molecule has 0 aliphatic rings. The first kappa shape index (κ1) is 5.26. The maximum absolute atomic E-state index is 11.9. The monoisotopic (exact) mass is 127 g/mol. The van der Waals surface area contributed by atoms with Gasteiger partial charge in [-0.1, -0.05) is 11.3 Å². The van der Waals surface area contributed by atoms with E-state index < -0.39 is 5.26 Å². The van der Waals surface area contributed by atoms with Crippen LogP contribution >= 0.6 is 11.3 Å². The van der Waals surface area contributed by atoms with Crippen molar-refractivity contribution < 1.29 is 4.39 Å². The molecule has 0 radical (unpaired) electrons. The van der Waals surface area contributed by atoms with Gasteiger partial charge in [-0.3, -0.25) is 0 Å². The highest BCUT2D eigenvalue weighted by Crippen LogP contribution is 2.04. The zero-order valence-corrected chi connectivity index (χ0v) is 4.70. The summed E-state index contributed by atoms with van der Waals surface area (Å²) < 4.78 is 11.9. The van der Waals surface area contributed by atoms with Crippen molar-refractivity contribution in [3.63, 3.8) is 0 Å². The minimum Gasteiger partial charge on any atom is -0.201 e. The zero-order chi connectivity index (χ0) is 5.98. The van der Waals surface area contributed by atoms with Crippen LogP contribution in [-0.4, -0.2) is 4.98 Å². The van der Waals surface area contributed by atoms with Crippen molar-refractivity contribution >= 4 is 11.3 Å². The van der Waals surface area contributed by atoms with Crippen LogP contribution in [0.15, 0.2) is 5.38 Å². The molecule has 1 nitrogen and oxygen atoms in total. The molecular weight excluding hydrogens is 125 g/mol. The Morgan fingerprint density at radius 3 is 2.88 bits per heavy atom. The highest BCUT2D eigenvalue weighted by Gasteiger charge is 1.93. The molecule has 0 spiro atoms. The molecule has 40 valence electrons. The van der Waals surface area contributed by atoms with Gasteiger partial charge in [-0.25, -0.2) is 4.98 Å². The molecule has 0 aliphatic heterocycles. The van der Waals surface area contributed by atoms with Crippen LogP contribution in [0, 0.1) is 17.6 Å². The SMILES string of the molecule is C#Cc1csc(F)n1. The zero-order valence-electron chi connectivity index (χ0n) is 3.89. The molecule has 8 heavy (non-hydrogen) atoms. The Kier molecular flexibility index (Phi) is 1.27. The topological polar surface area (TPSA) is 12.9 Å². The lowest BCUT2D eigenvalue weighted by Crippen LogP contribution is -1.70. The number of hydrogen-bond donors (Lipinski definition) is 0. The predicted octanol–water partition coefficient (Wildman–Crippen LogP) is 1.26. The molecule has 0 bridgehead atoms. The van der Waals surface area contributed by atoms with Crippen LogP contribution in [0.5, 0.6) is 0 Å². The Morgan fingerprint density at radius 2 is 2.62 bits per heavy atom. The van der Waals surface area contributed by atoms with Gasteiger partial charge in [-0.05, 0) is 5.92 Å². The van der Waals surface area contributed by atoms with Crippen molar-refractivity contribution in [3.05, 3.63) is 16.3 Å². The second-order valence-corrected chi connectivity index (χ2v) is 1.94. The Morgan fingerprint density at radius 1 is 1.88 bits per heavy atom. The maximum atomic E-state index is 11.9. The molecule has 0 amide bonds. The Bertz CT molecular complexity index is 223. The lowest BCUT2D eigenvalue weighted by Gasteiger charge is -1.68. The van der Waals surface area contributed by atoms with E-state index in [2.05, 4.69) is 10.9 Å². The summed E-state index contributed by atoms with van der Waals surface area (Å²) in [6, 6.07) is 0. The first-order chi connectivity index (χ1) is 3.83. The Labute approximate surface area is 50.2 Å². The summed E-state index contributed by atoms with van der Waals surface area (Å²) in [6.45, 7) is 0. The first-order valence-electron chi connectivity index (χ1n) is 1.90. The molecule has 0 saturated carbocycles. The van der Waals surface area contributed by atoms with Crippen molar-refractivity contribution in [2.75, 3.05) is 0 Å². The maximum Gasteiger partial charge on any atom is 0.270 e. The summed E-state index contributed by atoms with van der Waals surface area (Å²) in [4.78, 5) is 3.34. The van der Waals surface area contributed by atoms with E-state index in [9.17, 15) is 4.39 Å². The third-order valence-corrected chi connectivity index (χ3v) is 1.25. The fourth-order valence-corrected chi connectivity index (χ4v) is 0.799. The van der Waals surface area contributed by atoms with Gasteiger partial charge in [0, 0.05) is 5.38 Å². The third kappa shape index (κ3) is 0.849. The molecule has 1 rings (SSSR count). The van der Waals surface area contributed by atoms with E-state index >= 15 is 0 Å². The molecule has 0 unspecified atom stereocenters. The van der Waals surface area contributed by atoms with E-state index in [1.54, 1.807) is 0 Å². The van der Waals surface area contributed by atoms with Crippen LogP contribution in [0.3, 0.4) is 0 Å². The van der Waals surface area contributed by atoms with Crippen LogP contribution in [0.2, 0.25) is 0 Å². The third-order valence-electron chi connectivity index (χ3n) is 0.624. The average Bonchev–Trinajstić information content (AvgIpc) is 2.14. The van der Waals surface area contributed by atoms with E-state index in [4.69, 9.17) is 6.42 Å². The van der Waals surface area contributed by atoms with Crippen LogP contribution in [-0.2, 0) is 0 Å². The first-order valence-corrected chi connectivity index (χ1v) is 2.78. The molecule has 3 heteroatoms. The van der Waals surface area contributed by atoms with Gasteiger partial charge in [-0.15, -0.1) is 6.42 Å². The number of terminal acetylenes is 1. The van der Waals surface area contributed by atoms with Gasteiger partial charge < -0.3 is 0 Å². The van der Waals surface area contributed by atoms with Gasteiger partial charge in [0.25, 0.3) is 5.26 Å². The van der Waals surface area contributed by atoms with Gasteiger partial charge in [-0.2, -0.15) is 4.39 Å². The van der Waals surface area contributed by atoms with Crippen molar-refractivity contribution in [3.8, 4) is 12.3 Å². The van der Waals surface area contributed by atoms with Crippen LogP contribution in [0.1, 0.15) is 5.69 Å². The fourth-order valence-electron chi connectivity index (χ4n) is 0.318. The molecule has 0 N–H and O–H groups in total. The summed E-state index contributed by atoms with van der Waals surface area (Å²) in [5, 5.41) is 1.02. The highest BCUT2D eigenvalue weighted by molar-refractivity contribution is 7.08. The second kappa shape index (κ2) is 1.93. The van der Waals surface area contributed by atoms with E-state index in [0.29, 0.717) is 5.69 Å². The number of thiazole rings is 1. The van der Waals surface area contributed by atoms with E-state index in [-0.39, 0.29) is 0 Å². The number of halogens is 1. The summed E-state index contributed by atoms with van der Waals surface area (Å²) in [5.74, 6) is 2.21. The number of hydrogen-bond acceptors (Lipinski definition) is 2. The minimum absolute atomic E-state index is 0.368. The lowest BCUT2D eigenvalue weighted by atomic mass is 10.5. The van der Waals surface area contributed by atoms with Crippen molar-refractivity contribution in [2.45, 2.75) is 0 Å². The molecule has 0 fully saturated rings. The molecule has 1 aromatic rings. The highest BCUT2D eigenvalue weighted by atomic mass is 32.1. The summed E-state index contributed by atoms with van der Waals surface area (Å²) >= 11 is 0.909. The van der Waals surface area contributed by atoms with Crippen molar-refractivity contribution in [1.29, 1.82) is 0 Å². The van der Waals surface area contributed by atoms with Gasteiger partial charge in [0.15, 0.2) is 0 Å². The molecule has 0 aliphatic carbocycles. The molecule has 0 saturated heterocycles. The molecule has 0 aromatic carbocycles. The number of rotatable bonds is 0. The van der Waals surface area contributed by atoms with Crippen LogP contribution < -0.4 is 0 Å². The van der Waals surface area contributed by atoms with E-state index in [0.717, 1.165) is 11.3 Å². The van der Waals surface area contributed by atoms with Gasteiger partial charge >= 0.3 is 0 Å². The molecular formula is C5H2FNS. The largest absolute Gasteiger partial charge is 0.270 e. The summed E-state index contributed by atoms with van der Waals surface area (Å²) in [6.07, 6.45) is 4.89. The van der Waals surface area contributed by atoms with Crippen LogP contribution in [0.25, 0.3) is 0 Å². The fraction of sp³-hybridized carbons (Fsp3) is 0. The van der Waals surface area contributed by atoms with Crippen molar-refractivity contribution in [1.82, 2.24) is 4.98 Å². The summed E-state index contributed by atoms with van der Waals surface area (Å²) in [5.41, 5.74) is 0.368.